The maximum atomic E-state index is 11.5. The molecule has 5 heteroatoms. The number of hydrogen-bond donors (Lipinski definition) is 2. The Hall–Kier alpha value is -1.78. The summed E-state index contributed by atoms with van der Waals surface area (Å²) < 4.78 is 4.69. The van der Waals surface area contributed by atoms with Crippen LogP contribution in [0.1, 0.15) is 49.5 Å². The first-order valence-corrected chi connectivity index (χ1v) is 7.21. The average molecular weight is 277 g/mol. The van der Waals surface area contributed by atoms with Gasteiger partial charge in [0.2, 0.25) is 0 Å². The maximum absolute atomic E-state index is 11.5. The van der Waals surface area contributed by atoms with E-state index < -0.39 is 5.97 Å². The first kappa shape index (κ1) is 14.6. The van der Waals surface area contributed by atoms with Crippen molar-refractivity contribution in [3.05, 3.63) is 17.8 Å². The van der Waals surface area contributed by atoms with Crippen LogP contribution in [0.4, 0.5) is 11.5 Å². The molecule has 110 valence electrons. The Morgan fingerprint density at radius 2 is 2.15 bits per heavy atom. The van der Waals surface area contributed by atoms with Crippen molar-refractivity contribution >= 4 is 17.5 Å². The molecule has 20 heavy (non-hydrogen) atoms. The van der Waals surface area contributed by atoms with Crippen LogP contribution in [0.3, 0.4) is 0 Å². The summed E-state index contributed by atoms with van der Waals surface area (Å²) in [5, 5.41) is 3.39. The van der Waals surface area contributed by atoms with Crippen molar-refractivity contribution in [3.63, 3.8) is 0 Å². The Morgan fingerprint density at radius 3 is 2.90 bits per heavy atom. The van der Waals surface area contributed by atoms with Gasteiger partial charge in [0.1, 0.15) is 5.82 Å². The molecule has 2 rings (SSSR count). The van der Waals surface area contributed by atoms with Crippen molar-refractivity contribution in [2.24, 2.45) is 5.92 Å². The third-order valence-corrected chi connectivity index (χ3v) is 3.92. The Labute approximate surface area is 119 Å². The molecular formula is C15H23N3O2. The number of nitrogens with one attached hydrogen (secondary N) is 1. The first-order chi connectivity index (χ1) is 9.60. The number of nitrogens with two attached hydrogens (primary N) is 1. The van der Waals surface area contributed by atoms with Gasteiger partial charge < -0.3 is 15.8 Å². The van der Waals surface area contributed by atoms with Gasteiger partial charge in [0, 0.05) is 6.04 Å². The van der Waals surface area contributed by atoms with Gasteiger partial charge in [-0.25, -0.2) is 9.78 Å². The van der Waals surface area contributed by atoms with Gasteiger partial charge in [0.05, 0.1) is 12.8 Å². The first-order valence-electron chi connectivity index (χ1n) is 7.21. The highest BCUT2D eigenvalue weighted by Gasteiger charge is 2.18. The number of carbonyl (C=O) groups is 1. The Bertz CT molecular complexity index is 476. The zero-order chi connectivity index (χ0) is 14.5. The summed E-state index contributed by atoms with van der Waals surface area (Å²) in [4.78, 5) is 15.8. The van der Waals surface area contributed by atoms with E-state index in [0.717, 1.165) is 18.8 Å². The summed E-state index contributed by atoms with van der Waals surface area (Å²) in [5.41, 5.74) is 6.79. The topological polar surface area (TPSA) is 77.2 Å². The molecule has 1 aromatic rings. The van der Waals surface area contributed by atoms with Crippen LogP contribution >= 0.6 is 0 Å². The predicted octanol–water partition coefficient (Wildman–Crippen LogP) is 2.83. The smallest absolute Gasteiger partial charge is 0.356 e. The second kappa shape index (κ2) is 6.59. The van der Waals surface area contributed by atoms with Crippen molar-refractivity contribution in [2.45, 2.75) is 45.1 Å². The molecule has 3 N–H and O–H groups in total. The number of hydrogen-bond acceptors (Lipinski definition) is 5. The zero-order valence-corrected chi connectivity index (χ0v) is 12.2. The highest BCUT2D eigenvalue weighted by molar-refractivity contribution is 5.88. The molecule has 0 aromatic carbocycles. The van der Waals surface area contributed by atoms with Gasteiger partial charge in [-0.2, -0.15) is 0 Å². The van der Waals surface area contributed by atoms with Crippen LogP contribution in [0, 0.1) is 5.92 Å². The molecule has 0 spiro atoms. The molecule has 1 heterocycles. The molecule has 5 nitrogen and oxygen atoms in total. The largest absolute Gasteiger partial charge is 0.464 e. The number of anilines is 2. The molecule has 1 aromatic heterocycles. The molecule has 1 aliphatic carbocycles. The lowest BCUT2D eigenvalue weighted by molar-refractivity contribution is 0.0594. The number of rotatable bonds is 3. The fraction of sp³-hybridized carbons (Fsp3) is 0.600. The summed E-state index contributed by atoms with van der Waals surface area (Å²) >= 11 is 0. The molecule has 2 unspecified atom stereocenters. The molecule has 0 amide bonds. The molecule has 2 atom stereocenters. The van der Waals surface area contributed by atoms with E-state index >= 15 is 0 Å². The Balaban J connectivity index is 2.09. The summed E-state index contributed by atoms with van der Waals surface area (Å²) in [7, 11) is 1.35. The summed E-state index contributed by atoms with van der Waals surface area (Å²) in [6.45, 7) is 2.30. The van der Waals surface area contributed by atoms with E-state index in [1.54, 1.807) is 12.1 Å². The van der Waals surface area contributed by atoms with Crippen LogP contribution in [0.15, 0.2) is 12.1 Å². The van der Waals surface area contributed by atoms with E-state index in [9.17, 15) is 4.79 Å². The van der Waals surface area contributed by atoms with Crippen LogP contribution in [-0.2, 0) is 4.74 Å². The number of pyridine rings is 1. The average Bonchev–Trinajstić information content (AvgIpc) is 2.65. The van der Waals surface area contributed by atoms with Crippen molar-refractivity contribution in [1.29, 1.82) is 0 Å². The normalized spacial score (nSPS) is 22.9. The van der Waals surface area contributed by atoms with Gasteiger partial charge >= 0.3 is 5.97 Å². The number of esters is 1. The van der Waals surface area contributed by atoms with Crippen molar-refractivity contribution < 1.29 is 9.53 Å². The lowest BCUT2D eigenvalue weighted by Crippen LogP contribution is -2.21. The van der Waals surface area contributed by atoms with Gasteiger partial charge in [0.25, 0.3) is 0 Å². The Kier molecular flexibility index (Phi) is 4.82. The number of methoxy groups -OCH3 is 1. The van der Waals surface area contributed by atoms with Gasteiger partial charge in [-0.15, -0.1) is 0 Å². The summed E-state index contributed by atoms with van der Waals surface area (Å²) in [6, 6.07) is 3.66. The number of aromatic nitrogens is 1. The number of nitrogens with zero attached hydrogens (tertiary/aromatic N) is 1. The predicted molar refractivity (Wildman–Crippen MR) is 79.6 cm³/mol. The second-order valence-corrected chi connectivity index (χ2v) is 5.58. The minimum atomic E-state index is -0.442. The molecule has 0 bridgehead atoms. The summed E-state index contributed by atoms with van der Waals surface area (Å²) in [6.07, 6.45) is 5.95. The van der Waals surface area contributed by atoms with Gasteiger partial charge in [0.15, 0.2) is 5.69 Å². The minimum absolute atomic E-state index is 0.284. The van der Waals surface area contributed by atoms with E-state index in [0.29, 0.717) is 17.5 Å². The van der Waals surface area contributed by atoms with Crippen LogP contribution < -0.4 is 11.1 Å². The second-order valence-electron chi connectivity index (χ2n) is 5.58. The lowest BCUT2D eigenvalue weighted by Gasteiger charge is -2.18. The van der Waals surface area contributed by atoms with E-state index in [1.165, 1.54) is 26.4 Å². The number of nitrogen functional groups attached to an aromatic ring is 1. The van der Waals surface area contributed by atoms with Crippen LogP contribution in [0.25, 0.3) is 0 Å². The molecule has 0 saturated heterocycles. The van der Waals surface area contributed by atoms with E-state index in [4.69, 9.17) is 5.73 Å². The fourth-order valence-electron chi connectivity index (χ4n) is 2.63. The molecule has 1 saturated carbocycles. The summed E-state index contributed by atoms with van der Waals surface area (Å²) in [5.74, 6) is 0.934. The molecular weight excluding hydrogens is 254 g/mol. The highest BCUT2D eigenvalue weighted by atomic mass is 16.5. The van der Waals surface area contributed by atoms with E-state index in [2.05, 4.69) is 22.0 Å². The van der Waals surface area contributed by atoms with Gasteiger partial charge in [-0.05, 0) is 37.3 Å². The number of carbonyl (C=O) groups excluding carboxylic acids is 1. The third-order valence-electron chi connectivity index (χ3n) is 3.92. The van der Waals surface area contributed by atoms with Crippen LogP contribution in [0.2, 0.25) is 0 Å². The van der Waals surface area contributed by atoms with E-state index in [1.807, 2.05) is 0 Å². The molecule has 0 aliphatic heterocycles. The zero-order valence-electron chi connectivity index (χ0n) is 12.2. The minimum Gasteiger partial charge on any atom is -0.464 e. The monoisotopic (exact) mass is 277 g/mol. The third kappa shape index (κ3) is 3.62. The quantitative estimate of drug-likeness (QED) is 0.656. The SMILES string of the molecule is COC(=O)c1ccc(N)c(NC2CCCC(C)CC2)n1. The highest BCUT2D eigenvalue weighted by Crippen LogP contribution is 2.26. The standard InChI is InChI=1S/C15H23N3O2/c1-10-4-3-5-11(7-6-10)17-14-12(16)8-9-13(18-14)15(19)20-2/h8-11H,3-7,16H2,1-2H3,(H,17,18). The fourth-order valence-corrected chi connectivity index (χ4v) is 2.63. The molecule has 0 radical (unpaired) electrons. The van der Waals surface area contributed by atoms with Crippen molar-refractivity contribution in [2.75, 3.05) is 18.2 Å². The van der Waals surface area contributed by atoms with Gasteiger partial charge in [-0.3, -0.25) is 0 Å². The lowest BCUT2D eigenvalue weighted by atomic mass is 10.0. The van der Waals surface area contributed by atoms with Crippen LogP contribution in [0.5, 0.6) is 0 Å². The molecule has 1 aliphatic rings. The maximum Gasteiger partial charge on any atom is 0.356 e. The van der Waals surface area contributed by atoms with E-state index in [-0.39, 0.29) is 5.69 Å². The van der Waals surface area contributed by atoms with Crippen molar-refractivity contribution in [1.82, 2.24) is 4.98 Å². The van der Waals surface area contributed by atoms with Crippen LogP contribution in [-0.4, -0.2) is 24.1 Å². The van der Waals surface area contributed by atoms with Gasteiger partial charge in [-0.1, -0.05) is 19.8 Å². The van der Waals surface area contributed by atoms with Crippen molar-refractivity contribution in [3.8, 4) is 0 Å². The molecule has 1 fully saturated rings. The number of ether oxygens (including phenoxy) is 1. The Morgan fingerprint density at radius 1 is 1.35 bits per heavy atom.